The number of ether oxygens (including phenoxy) is 6. The van der Waals surface area contributed by atoms with Gasteiger partial charge in [-0.3, -0.25) is 4.84 Å². The molecule has 0 aliphatic carbocycles. The maximum absolute atomic E-state index is 13.1. The molecular formula is C37H47NO9. The third kappa shape index (κ3) is 11.7. The van der Waals surface area contributed by atoms with Gasteiger partial charge in [0.15, 0.2) is 6.61 Å². The molecule has 1 saturated heterocycles. The second-order valence-corrected chi connectivity index (χ2v) is 12.4. The van der Waals surface area contributed by atoms with Gasteiger partial charge in [-0.05, 0) is 50.8 Å². The highest BCUT2D eigenvalue weighted by atomic mass is 16.7. The predicted octanol–water partition coefficient (Wildman–Crippen LogP) is 6.26. The first-order chi connectivity index (χ1) is 22.6. The number of methoxy groups -OCH3 is 1. The average Bonchev–Trinajstić information content (AvgIpc) is 3.06. The Bertz CT molecular complexity index is 1350. The number of carbonyl (C=O) groups is 2. The monoisotopic (exact) mass is 649 g/mol. The first kappa shape index (κ1) is 36.0. The van der Waals surface area contributed by atoms with Crippen molar-refractivity contribution < 1.29 is 42.8 Å². The van der Waals surface area contributed by atoms with Gasteiger partial charge in [0.25, 0.3) is 0 Å². The molecule has 0 aromatic heterocycles. The van der Waals surface area contributed by atoms with E-state index in [1.807, 2.05) is 97.9 Å². The molecule has 10 nitrogen and oxygen atoms in total. The maximum Gasteiger partial charge on any atom is 0.434 e. The Morgan fingerprint density at radius 2 is 1.19 bits per heavy atom. The summed E-state index contributed by atoms with van der Waals surface area (Å²) >= 11 is 0. The third-order valence-electron chi connectivity index (χ3n) is 7.50. The Morgan fingerprint density at radius 3 is 1.66 bits per heavy atom. The van der Waals surface area contributed by atoms with E-state index in [4.69, 9.17) is 33.3 Å². The molecule has 254 valence electrons. The lowest BCUT2D eigenvalue weighted by Crippen LogP contribution is -2.59. The van der Waals surface area contributed by atoms with Crippen molar-refractivity contribution in [2.24, 2.45) is 0 Å². The first-order valence-electron chi connectivity index (χ1n) is 15.9. The number of rotatable bonds is 15. The molecule has 0 unspecified atom stereocenters. The molecule has 1 aliphatic rings. The molecule has 3 aromatic carbocycles. The van der Waals surface area contributed by atoms with Crippen molar-refractivity contribution in [3.05, 3.63) is 108 Å². The Kier molecular flexibility index (Phi) is 13.8. The zero-order valence-electron chi connectivity index (χ0n) is 27.9. The smallest absolute Gasteiger partial charge is 0.434 e. The van der Waals surface area contributed by atoms with E-state index in [0.29, 0.717) is 26.2 Å². The van der Waals surface area contributed by atoms with Gasteiger partial charge < -0.3 is 28.4 Å². The Hall–Kier alpha value is -3.80. The fourth-order valence-electron chi connectivity index (χ4n) is 5.21. The summed E-state index contributed by atoms with van der Waals surface area (Å²) in [6.45, 7) is 7.84. The molecule has 1 heterocycles. The maximum atomic E-state index is 13.1. The summed E-state index contributed by atoms with van der Waals surface area (Å²) in [5, 5.41) is 1.03. The molecule has 0 saturated carbocycles. The van der Waals surface area contributed by atoms with Gasteiger partial charge in [0, 0.05) is 0 Å². The minimum atomic E-state index is -0.777. The van der Waals surface area contributed by atoms with Crippen LogP contribution in [0.5, 0.6) is 0 Å². The standard InChI is InChI=1S/C37H47NO9/c1-27-33(42-23-28-15-9-6-10-16-28)35(44-25-30-19-13-8-14-20-30)34(43-24-29-17-11-7-12-18-29)31(46-27)21-22-38(45-26-32(39)41-5)36(40)47-37(2,3)4/h6-20,27,31,33-35H,21-26H2,1-5H3/t27-,31-,33+,34+,35+/m0/s1. The van der Waals surface area contributed by atoms with Crippen LogP contribution in [0.15, 0.2) is 91.0 Å². The molecule has 1 amide bonds. The van der Waals surface area contributed by atoms with Gasteiger partial charge in [-0.1, -0.05) is 91.0 Å². The minimum Gasteiger partial charge on any atom is -0.467 e. The molecule has 1 fully saturated rings. The molecule has 0 radical (unpaired) electrons. The van der Waals surface area contributed by atoms with Crippen LogP contribution >= 0.6 is 0 Å². The summed E-state index contributed by atoms with van der Waals surface area (Å²) < 4.78 is 36.7. The van der Waals surface area contributed by atoms with Crippen LogP contribution in [-0.2, 0) is 57.9 Å². The van der Waals surface area contributed by atoms with Crippen molar-refractivity contribution in [3.8, 4) is 0 Å². The van der Waals surface area contributed by atoms with Crippen LogP contribution in [0.4, 0.5) is 4.79 Å². The second-order valence-electron chi connectivity index (χ2n) is 12.4. The van der Waals surface area contributed by atoms with Crippen LogP contribution in [0.2, 0.25) is 0 Å². The van der Waals surface area contributed by atoms with Crippen LogP contribution in [0.3, 0.4) is 0 Å². The van der Waals surface area contributed by atoms with Crippen LogP contribution < -0.4 is 0 Å². The van der Waals surface area contributed by atoms with E-state index in [-0.39, 0.29) is 12.6 Å². The van der Waals surface area contributed by atoms with Crippen molar-refractivity contribution in [3.63, 3.8) is 0 Å². The van der Waals surface area contributed by atoms with E-state index in [1.165, 1.54) is 7.11 Å². The molecule has 0 spiro atoms. The number of amides is 1. The normalized spacial score (nSPS) is 21.2. The van der Waals surface area contributed by atoms with Gasteiger partial charge in [0.2, 0.25) is 0 Å². The van der Waals surface area contributed by atoms with Crippen molar-refractivity contribution in [1.29, 1.82) is 0 Å². The first-order valence-corrected chi connectivity index (χ1v) is 15.9. The SMILES string of the molecule is COC(=O)CON(CC[C@@H]1O[C@@H](C)[C@@H](OCc2ccccc2)[C@@H](OCc2ccccc2)[C@@H]1OCc1ccccc1)C(=O)OC(C)(C)C. The highest BCUT2D eigenvalue weighted by Gasteiger charge is 2.47. The molecule has 1 aliphatic heterocycles. The topological polar surface area (TPSA) is 102 Å². The number of esters is 1. The Morgan fingerprint density at radius 1 is 0.723 bits per heavy atom. The minimum absolute atomic E-state index is 0.0510. The third-order valence-corrected chi connectivity index (χ3v) is 7.50. The lowest BCUT2D eigenvalue weighted by atomic mass is 9.93. The number of nitrogens with zero attached hydrogens (tertiary/aromatic N) is 1. The summed E-state index contributed by atoms with van der Waals surface area (Å²) in [5.41, 5.74) is 2.26. The summed E-state index contributed by atoms with van der Waals surface area (Å²) in [6, 6.07) is 29.7. The zero-order valence-corrected chi connectivity index (χ0v) is 27.9. The number of benzene rings is 3. The number of hydroxylamine groups is 2. The van der Waals surface area contributed by atoms with Gasteiger partial charge in [-0.2, -0.15) is 5.06 Å². The summed E-state index contributed by atoms with van der Waals surface area (Å²) in [4.78, 5) is 30.5. The molecule has 4 rings (SSSR count). The van der Waals surface area contributed by atoms with Gasteiger partial charge in [-0.25, -0.2) is 9.59 Å². The number of hydrogen-bond donors (Lipinski definition) is 0. The molecule has 3 aromatic rings. The lowest BCUT2D eigenvalue weighted by Gasteiger charge is -2.46. The van der Waals surface area contributed by atoms with Crippen LogP contribution in [0.25, 0.3) is 0 Å². The lowest BCUT2D eigenvalue weighted by molar-refractivity contribution is -0.264. The van der Waals surface area contributed by atoms with Crippen molar-refractivity contribution >= 4 is 12.1 Å². The molecule has 10 heteroatoms. The number of carbonyl (C=O) groups excluding carboxylic acids is 2. The van der Waals surface area contributed by atoms with Gasteiger partial charge in [0.1, 0.15) is 23.9 Å². The van der Waals surface area contributed by atoms with Gasteiger partial charge in [0.05, 0.1) is 45.7 Å². The van der Waals surface area contributed by atoms with E-state index >= 15 is 0 Å². The fraction of sp³-hybridized carbons (Fsp3) is 0.459. The quantitative estimate of drug-likeness (QED) is 0.139. The molecule has 5 atom stereocenters. The fourth-order valence-corrected chi connectivity index (χ4v) is 5.21. The summed E-state index contributed by atoms with van der Waals surface area (Å²) in [5.74, 6) is -0.627. The number of hydrogen-bond acceptors (Lipinski definition) is 9. The highest BCUT2D eigenvalue weighted by Crippen LogP contribution is 2.32. The summed E-state index contributed by atoms with van der Waals surface area (Å²) in [7, 11) is 1.25. The van der Waals surface area contributed by atoms with Gasteiger partial charge in [-0.15, -0.1) is 0 Å². The second kappa shape index (κ2) is 17.9. The van der Waals surface area contributed by atoms with Crippen LogP contribution in [0.1, 0.15) is 50.8 Å². The molecule has 0 N–H and O–H groups in total. The van der Waals surface area contributed by atoms with Crippen molar-refractivity contribution in [1.82, 2.24) is 5.06 Å². The van der Waals surface area contributed by atoms with E-state index in [1.54, 1.807) is 20.8 Å². The van der Waals surface area contributed by atoms with Gasteiger partial charge >= 0.3 is 12.1 Å². The molecule has 0 bridgehead atoms. The van der Waals surface area contributed by atoms with E-state index in [0.717, 1.165) is 21.8 Å². The zero-order chi connectivity index (χ0) is 33.6. The van der Waals surface area contributed by atoms with Crippen LogP contribution in [0, 0.1) is 0 Å². The Balaban J connectivity index is 1.59. The van der Waals surface area contributed by atoms with Crippen molar-refractivity contribution in [2.45, 2.75) is 90.1 Å². The average molecular weight is 650 g/mol. The summed E-state index contributed by atoms with van der Waals surface area (Å²) in [6.07, 6.45) is -2.92. The van der Waals surface area contributed by atoms with E-state index < -0.39 is 48.7 Å². The predicted molar refractivity (Wildman–Crippen MR) is 175 cm³/mol. The van der Waals surface area contributed by atoms with E-state index in [2.05, 4.69) is 0 Å². The van der Waals surface area contributed by atoms with Crippen LogP contribution in [-0.4, -0.2) is 73.5 Å². The highest BCUT2D eigenvalue weighted by molar-refractivity contribution is 5.71. The van der Waals surface area contributed by atoms with Crippen molar-refractivity contribution in [2.75, 3.05) is 20.3 Å². The largest absolute Gasteiger partial charge is 0.467 e. The Labute approximate surface area is 277 Å². The molecular weight excluding hydrogens is 602 g/mol. The molecule has 47 heavy (non-hydrogen) atoms. The van der Waals surface area contributed by atoms with E-state index in [9.17, 15) is 9.59 Å².